The number of nitrogens with zero attached hydrogens (tertiary/aromatic N) is 1. The van der Waals surface area contributed by atoms with Gasteiger partial charge in [-0.1, -0.05) is 90.2 Å². The highest BCUT2D eigenvalue weighted by atomic mass is 16.7. The van der Waals surface area contributed by atoms with Crippen molar-refractivity contribution < 1.29 is 19.3 Å². The molecular formula is C40H69NO4. The van der Waals surface area contributed by atoms with E-state index >= 15 is 0 Å². The molecular weight excluding hydrogens is 558 g/mol. The van der Waals surface area contributed by atoms with Gasteiger partial charge in [0.25, 0.3) is 0 Å². The first-order valence-electron chi connectivity index (χ1n) is 17.8. The number of aliphatic hydroxyl groups excluding tert-OH is 1. The van der Waals surface area contributed by atoms with Gasteiger partial charge in [0, 0.05) is 36.3 Å². The summed E-state index contributed by atoms with van der Waals surface area (Å²) in [5.41, 5.74) is 2.37. The Morgan fingerprint density at radius 2 is 1.71 bits per heavy atom. The summed E-state index contributed by atoms with van der Waals surface area (Å²) in [4.78, 5) is 2.52. The molecule has 5 nitrogen and oxygen atoms in total. The second-order valence-electron chi connectivity index (χ2n) is 14.9. The second-order valence-corrected chi connectivity index (χ2v) is 14.9. The van der Waals surface area contributed by atoms with Crippen molar-refractivity contribution in [3.05, 3.63) is 60.9 Å². The van der Waals surface area contributed by atoms with Gasteiger partial charge in [-0.3, -0.25) is 4.90 Å². The van der Waals surface area contributed by atoms with E-state index in [2.05, 4.69) is 119 Å². The first kappa shape index (κ1) is 39.5. The smallest absolute Gasteiger partial charge is 0.159 e. The molecule has 1 saturated heterocycles. The molecule has 0 aromatic rings. The number of hydrogen-bond donors (Lipinski definition) is 1. The van der Waals surface area contributed by atoms with E-state index in [1.54, 1.807) is 0 Å². The highest BCUT2D eigenvalue weighted by Gasteiger charge is 2.43. The van der Waals surface area contributed by atoms with E-state index in [9.17, 15) is 5.11 Å². The molecule has 0 aromatic carbocycles. The molecule has 5 heteroatoms. The molecule has 0 spiro atoms. The minimum atomic E-state index is -0.673. The van der Waals surface area contributed by atoms with Gasteiger partial charge in [0.2, 0.25) is 0 Å². The lowest BCUT2D eigenvalue weighted by Gasteiger charge is -2.49. The van der Waals surface area contributed by atoms with Crippen LogP contribution in [0.25, 0.3) is 0 Å². The van der Waals surface area contributed by atoms with E-state index in [-0.39, 0.29) is 53.8 Å². The Kier molecular flexibility index (Phi) is 15.8. The fourth-order valence-electron chi connectivity index (χ4n) is 7.12. The van der Waals surface area contributed by atoms with Crippen LogP contribution in [-0.4, -0.2) is 59.3 Å². The summed E-state index contributed by atoms with van der Waals surface area (Å²) in [6.07, 6.45) is 13.1. The molecule has 258 valence electrons. The highest BCUT2D eigenvalue weighted by molar-refractivity contribution is 5.27. The summed E-state index contributed by atoms with van der Waals surface area (Å²) in [7, 11) is 2.25. The van der Waals surface area contributed by atoms with Crippen molar-refractivity contribution >= 4 is 0 Å². The zero-order valence-electron chi connectivity index (χ0n) is 30.9. The lowest BCUT2D eigenvalue weighted by Crippen LogP contribution is -2.56. The van der Waals surface area contributed by atoms with Crippen LogP contribution in [-0.2, 0) is 14.2 Å². The maximum atomic E-state index is 11.7. The molecule has 0 bridgehead atoms. The van der Waals surface area contributed by atoms with Crippen LogP contribution in [0.1, 0.15) is 114 Å². The van der Waals surface area contributed by atoms with E-state index in [0.717, 1.165) is 44.1 Å². The Labute approximate surface area is 277 Å². The SMILES string of the molecule is C=CC[C@H]1C[C@@H](C)C(=C)/C=C/C(C)=C/C(CC)[C@@H](CC)OC(=C)C[C@@H](O)[C@H](C)[C@H]1OC1CC(N(C)C(C)(C)CC)[C@H](C)C(C)O1. The molecule has 4 unspecified atom stereocenters. The fraction of sp³-hybridized carbons (Fsp3) is 0.750. The minimum absolute atomic E-state index is 0.00404. The summed E-state index contributed by atoms with van der Waals surface area (Å²) in [5, 5.41) is 11.7. The highest BCUT2D eigenvalue weighted by Crippen LogP contribution is 2.38. The number of hydrogen-bond acceptors (Lipinski definition) is 5. The van der Waals surface area contributed by atoms with Gasteiger partial charge in [-0.25, -0.2) is 0 Å². The molecule has 0 radical (unpaired) electrons. The largest absolute Gasteiger partial charge is 0.495 e. The van der Waals surface area contributed by atoms with E-state index in [1.807, 2.05) is 6.08 Å². The van der Waals surface area contributed by atoms with Crippen LogP contribution in [0.15, 0.2) is 60.9 Å². The van der Waals surface area contributed by atoms with Crippen LogP contribution < -0.4 is 0 Å². The number of ether oxygens (including phenoxy) is 3. The van der Waals surface area contributed by atoms with Gasteiger partial charge in [0.15, 0.2) is 6.29 Å². The van der Waals surface area contributed by atoms with E-state index in [1.165, 1.54) is 5.57 Å². The number of aliphatic hydroxyl groups is 1. The average Bonchev–Trinajstić information content (AvgIpc) is 3.00. The predicted molar refractivity (Wildman–Crippen MR) is 191 cm³/mol. The first-order chi connectivity index (χ1) is 21.1. The summed E-state index contributed by atoms with van der Waals surface area (Å²) in [6.45, 7) is 35.1. The summed E-state index contributed by atoms with van der Waals surface area (Å²) < 4.78 is 20.1. The van der Waals surface area contributed by atoms with Gasteiger partial charge in [-0.2, -0.15) is 0 Å². The summed E-state index contributed by atoms with van der Waals surface area (Å²) >= 11 is 0. The van der Waals surface area contributed by atoms with Crippen molar-refractivity contribution in [2.45, 2.75) is 156 Å². The lowest BCUT2D eigenvalue weighted by atomic mass is 9.78. The Balaban J connectivity index is 2.50. The monoisotopic (exact) mass is 628 g/mol. The molecule has 1 N–H and O–H groups in total. The number of allylic oxidation sites excluding steroid dienone is 5. The van der Waals surface area contributed by atoms with Crippen LogP contribution in [0.2, 0.25) is 0 Å². The molecule has 2 rings (SSSR count). The van der Waals surface area contributed by atoms with E-state index in [0.29, 0.717) is 24.1 Å². The molecule has 0 saturated carbocycles. The van der Waals surface area contributed by atoms with Gasteiger partial charge >= 0.3 is 0 Å². The third-order valence-corrected chi connectivity index (χ3v) is 11.3. The lowest BCUT2D eigenvalue weighted by molar-refractivity contribution is -0.258. The Morgan fingerprint density at radius 1 is 1.04 bits per heavy atom. The van der Waals surface area contributed by atoms with Gasteiger partial charge in [-0.15, -0.1) is 6.58 Å². The standard InChI is InChI=1S/C40H69NO4/c1-15-19-34-23-28(7)27(6)21-20-26(5)22-33(16-2)37(17-3)43-29(8)24-36(42)31(10)39(34)45-38-25-35(30(9)32(11)44-38)41(14)40(12,13)18-4/h15,20-22,28,30-39,42H,1,6,8,16-19,23-25H2,2-5,7,9-14H3/b21-20+,26-22+/t28-,30-,31+,32?,33?,34+,35?,36-,37-,38?,39-/m1/s1. The van der Waals surface area contributed by atoms with Crippen LogP contribution in [0.5, 0.6) is 0 Å². The van der Waals surface area contributed by atoms with E-state index < -0.39 is 6.10 Å². The van der Waals surface area contributed by atoms with Crippen molar-refractivity contribution in [3.63, 3.8) is 0 Å². The third-order valence-electron chi connectivity index (χ3n) is 11.3. The van der Waals surface area contributed by atoms with Crippen LogP contribution in [0, 0.1) is 29.6 Å². The van der Waals surface area contributed by atoms with Gasteiger partial charge in [-0.05, 0) is 84.6 Å². The maximum absolute atomic E-state index is 11.7. The average molecular weight is 628 g/mol. The Hall–Kier alpha value is -1.66. The normalized spacial score (nSPS) is 38.3. The molecule has 11 atom stereocenters. The molecule has 0 aromatic heterocycles. The van der Waals surface area contributed by atoms with Crippen molar-refractivity contribution in [3.8, 4) is 0 Å². The van der Waals surface area contributed by atoms with Crippen LogP contribution in [0.3, 0.4) is 0 Å². The number of rotatable bonds is 9. The molecule has 0 amide bonds. The minimum Gasteiger partial charge on any atom is -0.495 e. The van der Waals surface area contributed by atoms with Gasteiger partial charge < -0.3 is 19.3 Å². The Morgan fingerprint density at radius 3 is 2.29 bits per heavy atom. The summed E-state index contributed by atoms with van der Waals surface area (Å²) in [5.74, 6) is 1.45. The quantitative estimate of drug-likeness (QED) is 0.258. The molecule has 2 aliphatic rings. The van der Waals surface area contributed by atoms with Crippen molar-refractivity contribution in [1.82, 2.24) is 4.90 Å². The molecule has 2 heterocycles. The molecule has 1 fully saturated rings. The van der Waals surface area contributed by atoms with Crippen molar-refractivity contribution in [2.75, 3.05) is 7.05 Å². The molecule has 45 heavy (non-hydrogen) atoms. The molecule has 0 aliphatic carbocycles. The van der Waals surface area contributed by atoms with Crippen LogP contribution >= 0.6 is 0 Å². The zero-order chi connectivity index (χ0) is 34.1. The topological polar surface area (TPSA) is 51.2 Å². The molecule has 2 aliphatic heterocycles. The fourth-order valence-corrected chi connectivity index (χ4v) is 7.12. The first-order valence-corrected chi connectivity index (χ1v) is 17.8. The van der Waals surface area contributed by atoms with Crippen molar-refractivity contribution in [1.29, 1.82) is 0 Å². The van der Waals surface area contributed by atoms with Gasteiger partial charge in [0.05, 0.1) is 24.1 Å². The predicted octanol–water partition coefficient (Wildman–Crippen LogP) is 9.64. The summed E-state index contributed by atoms with van der Waals surface area (Å²) in [6, 6.07) is 0.323. The van der Waals surface area contributed by atoms with Crippen LogP contribution in [0.4, 0.5) is 0 Å². The van der Waals surface area contributed by atoms with E-state index in [4.69, 9.17) is 14.2 Å². The second kappa shape index (κ2) is 18.0. The third kappa shape index (κ3) is 10.9. The zero-order valence-corrected chi connectivity index (χ0v) is 30.9. The van der Waals surface area contributed by atoms with Crippen molar-refractivity contribution in [2.24, 2.45) is 29.6 Å². The maximum Gasteiger partial charge on any atom is 0.159 e. The van der Waals surface area contributed by atoms with Gasteiger partial charge in [0.1, 0.15) is 6.10 Å². The Bertz CT molecular complexity index is 1010.